The number of benzene rings is 1. The molecule has 0 bridgehead atoms. The lowest BCUT2D eigenvalue weighted by Crippen LogP contribution is -2.41. The minimum absolute atomic E-state index is 0.0350. The number of rotatable bonds is 2. The first-order valence-corrected chi connectivity index (χ1v) is 7.00. The molecule has 0 spiro atoms. The van der Waals surface area contributed by atoms with Gasteiger partial charge in [-0.3, -0.25) is 4.79 Å². The lowest BCUT2D eigenvalue weighted by Gasteiger charge is -2.30. The predicted octanol–water partition coefficient (Wildman–Crippen LogP) is 1.85. The second-order valence-electron chi connectivity index (χ2n) is 4.43. The van der Waals surface area contributed by atoms with E-state index in [1.807, 2.05) is 16.7 Å². The Morgan fingerprint density at radius 2 is 2.28 bits per heavy atom. The molecule has 1 aliphatic heterocycles. The molecule has 98 valence electrons. The van der Waals surface area contributed by atoms with E-state index in [-0.39, 0.29) is 5.91 Å². The van der Waals surface area contributed by atoms with Crippen molar-refractivity contribution >= 4 is 23.4 Å². The molecule has 1 unspecified atom stereocenters. The highest BCUT2D eigenvalue weighted by molar-refractivity contribution is 7.99. The molecule has 1 aromatic carbocycles. The maximum absolute atomic E-state index is 12.4. The molecule has 1 saturated heterocycles. The molecule has 1 aliphatic rings. The number of thioether (sulfide) groups is 1. The van der Waals surface area contributed by atoms with Gasteiger partial charge in [-0.1, -0.05) is 6.92 Å². The van der Waals surface area contributed by atoms with Crippen LogP contribution in [0.5, 0.6) is 5.75 Å². The van der Waals surface area contributed by atoms with Crippen molar-refractivity contribution in [2.45, 2.75) is 12.2 Å². The molecule has 1 atom stereocenters. The zero-order valence-corrected chi connectivity index (χ0v) is 11.5. The van der Waals surface area contributed by atoms with E-state index in [1.165, 1.54) is 0 Å². The van der Waals surface area contributed by atoms with E-state index >= 15 is 0 Å². The lowest BCUT2D eigenvalue weighted by atomic mass is 10.1. The summed E-state index contributed by atoms with van der Waals surface area (Å²) >= 11 is 1.90. The Kier molecular flexibility index (Phi) is 4.01. The fourth-order valence-electron chi connectivity index (χ4n) is 2.05. The van der Waals surface area contributed by atoms with Gasteiger partial charge in [0, 0.05) is 41.4 Å². The van der Waals surface area contributed by atoms with Crippen LogP contribution in [0.3, 0.4) is 0 Å². The molecular weight excluding hydrogens is 248 g/mol. The number of nitrogen functional groups attached to an aromatic ring is 1. The number of carbonyl (C=O) groups is 1. The summed E-state index contributed by atoms with van der Waals surface area (Å²) in [4.78, 5) is 14.3. The van der Waals surface area contributed by atoms with Gasteiger partial charge in [-0.15, -0.1) is 0 Å². The topological polar surface area (TPSA) is 55.6 Å². The third-order valence-corrected chi connectivity index (χ3v) is 4.08. The Bertz CT molecular complexity index is 451. The fourth-order valence-corrected chi connectivity index (χ4v) is 3.06. The van der Waals surface area contributed by atoms with Crippen molar-refractivity contribution in [1.82, 2.24) is 4.90 Å². The maximum atomic E-state index is 12.4. The van der Waals surface area contributed by atoms with E-state index in [2.05, 4.69) is 6.92 Å². The zero-order valence-electron chi connectivity index (χ0n) is 10.7. The number of methoxy groups -OCH3 is 1. The Hall–Kier alpha value is -1.36. The van der Waals surface area contributed by atoms with Crippen LogP contribution in [0.15, 0.2) is 18.2 Å². The van der Waals surface area contributed by atoms with E-state index in [0.29, 0.717) is 22.3 Å². The highest BCUT2D eigenvalue weighted by Crippen LogP contribution is 2.23. The van der Waals surface area contributed by atoms with Crippen LogP contribution in [0.1, 0.15) is 17.3 Å². The molecule has 1 fully saturated rings. The summed E-state index contributed by atoms with van der Waals surface area (Å²) in [7, 11) is 1.57. The quantitative estimate of drug-likeness (QED) is 0.830. The van der Waals surface area contributed by atoms with Crippen LogP contribution in [-0.4, -0.2) is 42.0 Å². The molecule has 18 heavy (non-hydrogen) atoms. The number of nitrogens with two attached hydrogens (primary N) is 1. The smallest absolute Gasteiger partial charge is 0.254 e. The monoisotopic (exact) mass is 266 g/mol. The third-order valence-electron chi connectivity index (χ3n) is 2.94. The summed E-state index contributed by atoms with van der Waals surface area (Å²) in [6.45, 7) is 3.73. The molecule has 0 saturated carbocycles. The summed E-state index contributed by atoms with van der Waals surface area (Å²) < 4.78 is 5.14. The second kappa shape index (κ2) is 5.52. The zero-order chi connectivity index (χ0) is 13.1. The van der Waals surface area contributed by atoms with Crippen LogP contribution in [0.2, 0.25) is 0 Å². The highest BCUT2D eigenvalue weighted by Gasteiger charge is 2.22. The van der Waals surface area contributed by atoms with Crippen LogP contribution in [-0.2, 0) is 0 Å². The number of hydrogen-bond donors (Lipinski definition) is 1. The number of anilines is 1. The van der Waals surface area contributed by atoms with Crippen LogP contribution < -0.4 is 10.5 Å². The molecule has 1 aromatic rings. The number of nitrogens with zero attached hydrogens (tertiary/aromatic N) is 1. The Morgan fingerprint density at radius 3 is 2.94 bits per heavy atom. The molecular formula is C13H18N2O2S. The van der Waals surface area contributed by atoms with Crippen molar-refractivity contribution in [3.8, 4) is 5.75 Å². The SMILES string of the molecule is COc1cc(N)cc(C(=O)N2CCSC(C)C2)c1. The predicted molar refractivity (Wildman–Crippen MR) is 75.2 cm³/mol. The maximum Gasteiger partial charge on any atom is 0.254 e. The first-order valence-electron chi connectivity index (χ1n) is 5.95. The lowest BCUT2D eigenvalue weighted by molar-refractivity contribution is 0.0763. The molecule has 2 rings (SSSR count). The summed E-state index contributed by atoms with van der Waals surface area (Å²) in [5, 5.41) is 0.491. The van der Waals surface area contributed by atoms with E-state index < -0.39 is 0 Å². The number of hydrogen-bond acceptors (Lipinski definition) is 4. The van der Waals surface area contributed by atoms with E-state index in [0.717, 1.165) is 18.8 Å². The number of ether oxygens (including phenoxy) is 1. The van der Waals surface area contributed by atoms with Crippen LogP contribution in [0.4, 0.5) is 5.69 Å². The average Bonchev–Trinajstić information content (AvgIpc) is 2.37. The van der Waals surface area contributed by atoms with Crippen molar-refractivity contribution in [3.05, 3.63) is 23.8 Å². The standard InChI is InChI=1S/C13H18N2O2S/c1-9-8-15(3-4-18-9)13(16)10-5-11(14)7-12(6-10)17-2/h5-7,9H,3-4,8,14H2,1-2H3. The molecule has 0 radical (unpaired) electrons. The van der Waals surface area contributed by atoms with Crippen molar-refractivity contribution in [2.24, 2.45) is 0 Å². The van der Waals surface area contributed by atoms with E-state index in [1.54, 1.807) is 25.3 Å². The van der Waals surface area contributed by atoms with Gasteiger partial charge in [0.25, 0.3) is 5.91 Å². The van der Waals surface area contributed by atoms with Crippen LogP contribution in [0.25, 0.3) is 0 Å². The van der Waals surface area contributed by atoms with Crippen LogP contribution >= 0.6 is 11.8 Å². The van der Waals surface area contributed by atoms with Crippen molar-refractivity contribution in [2.75, 3.05) is 31.7 Å². The van der Waals surface area contributed by atoms with Gasteiger partial charge in [-0.25, -0.2) is 0 Å². The van der Waals surface area contributed by atoms with Gasteiger partial charge in [0.05, 0.1) is 7.11 Å². The van der Waals surface area contributed by atoms with Gasteiger partial charge in [0.2, 0.25) is 0 Å². The second-order valence-corrected chi connectivity index (χ2v) is 5.97. The minimum atomic E-state index is 0.0350. The van der Waals surface area contributed by atoms with E-state index in [4.69, 9.17) is 10.5 Å². The first-order chi connectivity index (χ1) is 8.60. The van der Waals surface area contributed by atoms with Gasteiger partial charge in [-0.2, -0.15) is 11.8 Å². The molecule has 2 N–H and O–H groups in total. The molecule has 0 aliphatic carbocycles. The van der Waals surface area contributed by atoms with Gasteiger partial charge >= 0.3 is 0 Å². The van der Waals surface area contributed by atoms with Crippen molar-refractivity contribution in [3.63, 3.8) is 0 Å². The third kappa shape index (κ3) is 2.90. The Labute approximate surface area is 111 Å². The summed E-state index contributed by atoms with van der Waals surface area (Å²) in [6, 6.07) is 5.16. The average molecular weight is 266 g/mol. The van der Waals surface area contributed by atoms with Crippen molar-refractivity contribution in [1.29, 1.82) is 0 Å². The molecule has 1 amide bonds. The van der Waals surface area contributed by atoms with Gasteiger partial charge in [0.15, 0.2) is 0 Å². The van der Waals surface area contributed by atoms with Crippen molar-refractivity contribution < 1.29 is 9.53 Å². The summed E-state index contributed by atoms with van der Waals surface area (Å²) in [6.07, 6.45) is 0. The molecule has 0 aromatic heterocycles. The molecule has 4 nitrogen and oxygen atoms in total. The summed E-state index contributed by atoms with van der Waals surface area (Å²) in [5.41, 5.74) is 6.93. The number of amides is 1. The minimum Gasteiger partial charge on any atom is -0.497 e. The fraction of sp³-hybridized carbons (Fsp3) is 0.462. The largest absolute Gasteiger partial charge is 0.497 e. The molecule has 5 heteroatoms. The highest BCUT2D eigenvalue weighted by atomic mass is 32.2. The first kappa shape index (κ1) is 13.1. The Morgan fingerprint density at radius 1 is 1.50 bits per heavy atom. The van der Waals surface area contributed by atoms with Crippen LogP contribution in [0, 0.1) is 0 Å². The molecule has 1 heterocycles. The van der Waals surface area contributed by atoms with E-state index in [9.17, 15) is 4.79 Å². The number of carbonyl (C=O) groups excluding carboxylic acids is 1. The Balaban J connectivity index is 2.19. The normalized spacial score (nSPS) is 19.7. The van der Waals surface area contributed by atoms with Gasteiger partial charge in [-0.05, 0) is 12.1 Å². The van der Waals surface area contributed by atoms with Gasteiger partial charge < -0.3 is 15.4 Å². The summed E-state index contributed by atoms with van der Waals surface area (Å²) in [5.74, 6) is 1.65. The van der Waals surface area contributed by atoms with Gasteiger partial charge in [0.1, 0.15) is 5.75 Å².